The molecule has 0 heterocycles. The summed E-state index contributed by atoms with van der Waals surface area (Å²) in [4.78, 5) is 41.0. The quantitative estimate of drug-likeness (QED) is 0.377. The van der Waals surface area contributed by atoms with E-state index in [4.69, 9.17) is 0 Å². The van der Waals surface area contributed by atoms with Gasteiger partial charge in [0.25, 0.3) is 0 Å². The van der Waals surface area contributed by atoms with Gasteiger partial charge in [-0.15, -0.1) is 0 Å². The highest BCUT2D eigenvalue weighted by Crippen LogP contribution is 2.29. The molecule has 7 nitrogen and oxygen atoms in total. The predicted molar refractivity (Wildman–Crippen MR) is 121 cm³/mol. The van der Waals surface area contributed by atoms with Gasteiger partial charge in [-0.25, -0.2) is 9.79 Å². The molecule has 2 aromatic rings. The fourth-order valence-electron chi connectivity index (χ4n) is 2.55. The lowest BCUT2D eigenvalue weighted by molar-refractivity contribution is -0.116. The van der Waals surface area contributed by atoms with Crippen molar-refractivity contribution in [3.63, 3.8) is 0 Å². The standard InChI is InChI=1S/C22H25N3O4S/c1-4-5-11-19(26)23-17-13-12-16(20(27)15-9-7-6-8-10-15)14-18(17)24-21(30-3)25-22(28)29-2/h6-10,12-14H,4-5,11H2,1-3H3,(H,23,26)(H,24,25,28). The van der Waals surface area contributed by atoms with E-state index in [-0.39, 0.29) is 16.9 Å². The number of ketones is 1. The number of ether oxygens (including phenoxy) is 1. The maximum absolute atomic E-state index is 12.8. The van der Waals surface area contributed by atoms with Crippen LogP contribution in [0.15, 0.2) is 53.5 Å². The third-order valence-corrected chi connectivity index (χ3v) is 4.72. The number of amidine groups is 1. The summed E-state index contributed by atoms with van der Waals surface area (Å²) in [5, 5.41) is 5.63. The van der Waals surface area contributed by atoms with Crippen LogP contribution in [-0.2, 0) is 9.53 Å². The van der Waals surface area contributed by atoms with Crippen LogP contribution >= 0.6 is 11.8 Å². The van der Waals surface area contributed by atoms with E-state index >= 15 is 0 Å². The van der Waals surface area contributed by atoms with Crippen LogP contribution in [0.1, 0.15) is 42.1 Å². The van der Waals surface area contributed by atoms with Crippen LogP contribution in [0, 0.1) is 0 Å². The first kappa shape index (κ1) is 23.2. The SMILES string of the molecule is CCCCC(=O)Nc1ccc(C(=O)c2ccccc2)cc1N=C(NC(=O)OC)SC. The smallest absolute Gasteiger partial charge is 0.412 e. The Balaban J connectivity index is 2.42. The molecule has 0 aliphatic rings. The van der Waals surface area contributed by atoms with E-state index in [1.807, 2.05) is 13.0 Å². The van der Waals surface area contributed by atoms with Gasteiger partial charge in [-0.2, -0.15) is 0 Å². The lowest BCUT2D eigenvalue weighted by atomic mass is 10.0. The summed E-state index contributed by atoms with van der Waals surface area (Å²) in [5.74, 6) is -0.301. The van der Waals surface area contributed by atoms with Gasteiger partial charge in [-0.05, 0) is 30.9 Å². The summed E-state index contributed by atoms with van der Waals surface area (Å²) >= 11 is 1.20. The molecule has 2 N–H and O–H groups in total. The molecule has 30 heavy (non-hydrogen) atoms. The van der Waals surface area contributed by atoms with Gasteiger partial charge in [0, 0.05) is 17.5 Å². The Morgan fingerprint density at radius 3 is 2.43 bits per heavy atom. The molecular weight excluding hydrogens is 402 g/mol. The molecule has 8 heteroatoms. The number of unbranched alkanes of at least 4 members (excludes halogenated alkanes) is 1. The van der Waals surface area contributed by atoms with E-state index in [0.29, 0.717) is 28.9 Å². The molecular formula is C22H25N3O4S. The fourth-order valence-corrected chi connectivity index (χ4v) is 2.92. The van der Waals surface area contributed by atoms with Crippen molar-refractivity contribution in [2.45, 2.75) is 26.2 Å². The van der Waals surface area contributed by atoms with E-state index in [1.165, 1.54) is 18.9 Å². The highest BCUT2D eigenvalue weighted by molar-refractivity contribution is 8.13. The van der Waals surface area contributed by atoms with Crippen LogP contribution in [0.2, 0.25) is 0 Å². The number of rotatable bonds is 7. The van der Waals surface area contributed by atoms with Crippen molar-refractivity contribution in [3.8, 4) is 0 Å². The lowest BCUT2D eigenvalue weighted by Crippen LogP contribution is -2.27. The minimum atomic E-state index is -0.659. The van der Waals surface area contributed by atoms with Crippen LogP contribution < -0.4 is 10.6 Å². The third kappa shape index (κ3) is 6.73. The number of benzene rings is 2. The average Bonchev–Trinajstić information content (AvgIpc) is 2.78. The number of carbonyl (C=O) groups is 3. The molecule has 2 amide bonds. The Morgan fingerprint density at radius 1 is 1.07 bits per heavy atom. The van der Waals surface area contributed by atoms with Crippen LogP contribution in [0.4, 0.5) is 16.2 Å². The summed E-state index contributed by atoms with van der Waals surface area (Å²) in [5.41, 5.74) is 1.79. The Kier molecular flexibility index (Phi) is 9.08. The van der Waals surface area contributed by atoms with Crippen LogP contribution in [0.5, 0.6) is 0 Å². The molecule has 0 aromatic heterocycles. The van der Waals surface area contributed by atoms with Gasteiger partial charge in [0.2, 0.25) is 5.91 Å². The van der Waals surface area contributed by atoms with Crippen molar-refractivity contribution >= 4 is 46.1 Å². The van der Waals surface area contributed by atoms with E-state index in [2.05, 4.69) is 20.4 Å². The van der Waals surface area contributed by atoms with E-state index in [1.54, 1.807) is 48.7 Å². The fraction of sp³-hybridized carbons (Fsp3) is 0.273. The number of carbonyl (C=O) groups excluding carboxylic acids is 3. The molecule has 0 fully saturated rings. The number of amides is 2. The highest BCUT2D eigenvalue weighted by atomic mass is 32.2. The molecule has 0 unspecified atom stereocenters. The summed E-state index contributed by atoms with van der Waals surface area (Å²) in [7, 11) is 1.26. The number of hydrogen-bond acceptors (Lipinski definition) is 6. The maximum Gasteiger partial charge on any atom is 0.412 e. The monoisotopic (exact) mass is 427 g/mol. The topological polar surface area (TPSA) is 96.9 Å². The van der Waals surface area contributed by atoms with Gasteiger partial charge in [0.05, 0.1) is 18.5 Å². The highest BCUT2D eigenvalue weighted by Gasteiger charge is 2.14. The van der Waals surface area contributed by atoms with Crippen molar-refractivity contribution in [2.75, 3.05) is 18.7 Å². The third-order valence-electron chi connectivity index (χ3n) is 4.14. The molecule has 2 aromatic carbocycles. The number of methoxy groups -OCH3 is 1. The van der Waals surface area contributed by atoms with Crippen molar-refractivity contribution in [3.05, 3.63) is 59.7 Å². The van der Waals surface area contributed by atoms with E-state index < -0.39 is 6.09 Å². The Morgan fingerprint density at radius 2 is 1.80 bits per heavy atom. The molecule has 2 rings (SSSR count). The Labute approximate surface area is 180 Å². The van der Waals surface area contributed by atoms with Crippen LogP contribution in [0.3, 0.4) is 0 Å². The van der Waals surface area contributed by atoms with Gasteiger partial charge in [0.15, 0.2) is 11.0 Å². The maximum atomic E-state index is 12.8. The predicted octanol–water partition coefficient (Wildman–Crippen LogP) is 4.75. The Hall–Kier alpha value is -3.13. The molecule has 0 aliphatic carbocycles. The first-order chi connectivity index (χ1) is 14.5. The number of alkyl carbamates (subject to hydrolysis) is 1. The molecule has 0 saturated heterocycles. The molecule has 0 spiro atoms. The largest absolute Gasteiger partial charge is 0.453 e. The summed E-state index contributed by atoms with van der Waals surface area (Å²) in [6.45, 7) is 2.01. The summed E-state index contributed by atoms with van der Waals surface area (Å²) in [6, 6.07) is 13.8. The van der Waals surface area contributed by atoms with Crippen molar-refractivity contribution in [2.24, 2.45) is 4.99 Å². The second kappa shape index (κ2) is 11.8. The molecule has 0 radical (unpaired) electrons. The number of aliphatic imine (C=N–C) groups is 1. The van der Waals surface area contributed by atoms with Gasteiger partial charge >= 0.3 is 6.09 Å². The minimum Gasteiger partial charge on any atom is -0.453 e. The zero-order valence-electron chi connectivity index (χ0n) is 17.2. The second-order valence-electron chi connectivity index (χ2n) is 6.32. The average molecular weight is 428 g/mol. The zero-order chi connectivity index (χ0) is 21.9. The second-order valence-corrected chi connectivity index (χ2v) is 7.11. The molecule has 158 valence electrons. The van der Waals surface area contributed by atoms with Gasteiger partial charge < -0.3 is 10.1 Å². The van der Waals surface area contributed by atoms with Gasteiger partial charge in [-0.3, -0.25) is 14.9 Å². The summed E-state index contributed by atoms with van der Waals surface area (Å²) in [6.07, 6.45) is 3.15. The first-order valence-corrected chi connectivity index (χ1v) is 10.7. The van der Waals surface area contributed by atoms with Crippen LogP contribution in [0.25, 0.3) is 0 Å². The zero-order valence-corrected chi connectivity index (χ0v) is 18.0. The minimum absolute atomic E-state index is 0.137. The van der Waals surface area contributed by atoms with Crippen LogP contribution in [-0.4, -0.2) is 36.3 Å². The Bertz CT molecular complexity index is 929. The first-order valence-electron chi connectivity index (χ1n) is 9.49. The number of nitrogens with zero attached hydrogens (tertiary/aromatic N) is 1. The number of thioether (sulfide) groups is 1. The summed E-state index contributed by atoms with van der Waals surface area (Å²) < 4.78 is 4.61. The molecule has 0 bridgehead atoms. The lowest BCUT2D eigenvalue weighted by Gasteiger charge is -2.12. The molecule has 0 aliphatic heterocycles. The molecule has 0 saturated carbocycles. The van der Waals surface area contributed by atoms with Gasteiger partial charge in [-0.1, -0.05) is 55.4 Å². The van der Waals surface area contributed by atoms with Crippen molar-refractivity contribution in [1.82, 2.24) is 5.32 Å². The van der Waals surface area contributed by atoms with Crippen molar-refractivity contribution < 1.29 is 19.1 Å². The van der Waals surface area contributed by atoms with E-state index in [0.717, 1.165) is 12.8 Å². The van der Waals surface area contributed by atoms with E-state index in [9.17, 15) is 14.4 Å². The number of nitrogens with one attached hydrogen (secondary N) is 2. The van der Waals surface area contributed by atoms with Gasteiger partial charge in [0.1, 0.15) is 0 Å². The normalized spacial score (nSPS) is 11.0. The number of hydrogen-bond donors (Lipinski definition) is 2. The molecule has 0 atom stereocenters. The van der Waals surface area contributed by atoms with Crippen molar-refractivity contribution in [1.29, 1.82) is 0 Å². The number of anilines is 1.